The van der Waals surface area contributed by atoms with Crippen molar-refractivity contribution in [2.24, 2.45) is 5.41 Å². The van der Waals surface area contributed by atoms with Gasteiger partial charge >= 0.3 is 11.9 Å². The molecule has 0 aliphatic rings. The van der Waals surface area contributed by atoms with Gasteiger partial charge in [0.05, 0.1) is 18.1 Å². The van der Waals surface area contributed by atoms with Gasteiger partial charge in [-0.2, -0.15) is 0 Å². The van der Waals surface area contributed by atoms with E-state index in [0.717, 1.165) is 11.1 Å². The number of hydrogen-bond donors (Lipinski definition) is 1. The number of carbonyl (C=O) groups excluding carboxylic acids is 1. The lowest BCUT2D eigenvalue weighted by Gasteiger charge is -2.21. The molecule has 0 saturated carbocycles. The number of ether oxygens (including phenoxy) is 2. The highest BCUT2D eigenvalue weighted by atomic mass is 16.5. The van der Waals surface area contributed by atoms with Crippen molar-refractivity contribution in [3.63, 3.8) is 0 Å². The molecular formula is C18H19NO5. The predicted molar refractivity (Wildman–Crippen MR) is 87.9 cm³/mol. The summed E-state index contributed by atoms with van der Waals surface area (Å²) in [5, 5.41) is 8.90. The Morgan fingerprint density at radius 2 is 1.71 bits per heavy atom. The lowest BCUT2D eigenvalue weighted by atomic mass is 9.95. The minimum Gasteiger partial charge on any atom is -0.478 e. The molecule has 0 radical (unpaired) electrons. The van der Waals surface area contributed by atoms with Crippen molar-refractivity contribution >= 4 is 11.9 Å². The number of benzene rings is 1. The molecule has 1 aromatic carbocycles. The molecule has 24 heavy (non-hydrogen) atoms. The lowest BCUT2D eigenvalue weighted by molar-refractivity contribution is -0.152. The molecule has 1 aromatic heterocycles. The van der Waals surface area contributed by atoms with Crippen LogP contribution in [0.4, 0.5) is 0 Å². The number of aromatic nitrogens is 1. The zero-order valence-corrected chi connectivity index (χ0v) is 13.8. The van der Waals surface area contributed by atoms with Gasteiger partial charge < -0.3 is 14.6 Å². The Labute approximate surface area is 140 Å². The average molecular weight is 329 g/mol. The van der Waals surface area contributed by atoms with E-state index in [0.29, 0.717) is 5.88 Å². The number of carboxylic acid groups (broad SMARTS) is 1. The van der Waals surface area contributed by atoms with Crippen molar-refractivity contribution in [2.45, 2.75) is 13.8 Å². The van der Waals surface area contributed by atoms with Crippen LogP contribution in [0.1, 0.15) is 24.2 Å². The van der Waals surface area contributed by atoms with Gasteiger partial charge in [-0.1, -0.05) is 12.1 Å². The van der Waals surface area contributed by atoms with Crippen molar-refractivity contribution in [3.05, 3.63) is 48.2 Å². The van der Waals surface area contributed by atoms with Crippen LogP contribution in [-0.4, -0.2) is 35.7 Å². The van der Waals surface area contributed by atoms with Gasteiger partial charge in [0.1, 0.15) is 6.61 Å². The van der Waals surface area contributed by atoms with E-state index in [2.05, 4.69) is 4.98 Å². The number of pyridine rings is 1. The van der Waals surface area contributed by atoms with Crippen molar-refractivity contribution < 1.29 is 24.2 Å². The van der Waals surface area contributed by atoms with E-state index in [4.69, 9.17) is 14.6 Å². The smallest absolute Gasteiger partial charge is 0.335 e. The number of aromatic carboxylic acids is 1. The topological polar surface area (TPSA) is 85.7 Å². The van der Waals surface area contributed by atoms with Crippen LogP contribution in [-0.2, 0) is 9.53 Å². The Balaban J connectivity index is 2.05. The number of rotatable bonds is 6. The van der Waals surface area contributed by atoms with Gasteiger partial charge in [0.2, 0.25) is 5.88 Å². The number of hydrogen-bond acceptors (Lipinski definition) is 5. The highest BCUT2D eigenvalue weighted by Crippen LogP contribution is 2.23. The predicted octanol–water partition coefficient (Wildman–Crippen LogP) is 3.02. The van der Waals surface area contributed by atoms with Gasteiger partial charge in [-0.15, -0.1) is 0 Å². The van der Waals surface area contributed by atoms with Crippen LogP contribution in [0.2, 0.25) is 0 Å². The number of nitrogens with zero attached hydrogens (tertiary/aromatic N) is 1. The largest absolute Gasteiger partial charge is 0.478 e. The number of esters is 1. The third-order valence-electron chi connectivity index (χ3n) is 3.52. The molecule has 126 valence electrons. The van der Waals surface area contributed by atoms with Gasteiger partial charge in [0.15, 0.2) is 0 Å². The molecule has 1 heterocycles. The molecule has 6 nitrogen and oxygen atoms in total. The SMILES string of the molecule is COC(=O)C(C)(C)COc1ccc(-c2ccc(C(=O)O)cc2)cn1. The van der Waals surface area contributed by atoms with E-state index in [1.807, 2.05) is 6.07 Å². The normalized spacial score (nSPS) is 11.0. The Bertz CT molecular complexity index is 720. The maximum absolute atomic E-state index is 11.6. The van der Waals surface area contributed by atoms with Gasteiger partial charge in [0.25, 0.3) is 0 Å². The number of methoxy groups -OCH3 is 1. The van der Waals surface area contributed by atoms with Gasteiger partial charge in [-0.3, -0.25) is 4.79 Å². The third kappa shape index (κ3) is 4.10. The average Bonchev–Trinajstić information content (AvgIpc) is 2.59. The van der Waals surface area contributed by atoms with E-state index in [1.165, 1.54) is 7.11 Å². The number of carbonyl (C=O) groups is 2. The zero-order chi connectivity index (χ0) is 17.7. The molecule has 0 amide bonds. The molecule has 0 saturated heterocycles. The minimum atomic E-state index is -0.961. The molecular weight excluding hydrogens is 310 g/mol. The van der Waals surface area contributed by atoms with Crippen LogP contribution in [0.15, 0.2) is 42.6 Å². The summed E-state index contributed by atoms with van der Waals surface area (Å²) >= 11 is 0. The lowest BCUT2D eigenvalue weighted by Crippen LogP contribution is -2.32. The molecule has 2 rings (SSSR count). The molecule has 1 N–H and O–H groups in total. The molecule has 0 spiro atoms. The van der Waals surface area contributed by atoms with Crippen molar-refractivity contribution in [1.29, 1.82) is 0 Å². The van der Waals surface area contributed by atoms with Crippen LogP contribution in [0, 0.1) is 5.41 Å². The fraction of sp³-hybridized carbons (Fsp3) is 0.278. The zero-order valence-electron chi connectivity index (χ0n) is 13.8. The Hall–Kier alpha value is -2.89. The van der Waals surface area contributed by atoms with Crippen molar-refractivity contribution in [2.75, 3.05) is 13.7 Å². The highest BCUT2D eigenvalue weighted by molar-refractivity contribution is 5.88. The first-order valence-corrected chi connectivity index (χ1v) is 7.34. The molecule has 0 aliphatic heterocycles. The monoisotopic (exact) mass is 329 g/mol. The first kappa shape index (κ1) is 17.5. The van der Waals surface area contributed by atoms with Crippen LogP contribution in [0.5, 0.6) is 5.88 Å². The second-order valence-electron chi connectivity index (χ2n) is 5.93. The summed E-state index contributed by atoms with van der Waals surface area (Å²) in [5.41, 5.74) is 1.17. The molecule has 0 fully saturated rings. The van der Waals surface area contributed by atoms with E-state index < -0.39 is 11.4 Å². The first-order chi connectivity index (χ1) is 11.3. The highest BCUT2D eigenvalue weighted by Gasteiger charge is 2.29. The van der Waals surface area contributed by atoms with Crippen LogP contribution < -0.4 is 4.74 Å². The van der Waals surface area contributed by atoms with Crippen molar-refractivity contribution in [1.82, 2.24) is 4.98 Å². The summed E-state index contributed by atoms with van der Waals surface area (Å²) in [6.45, 7) is 3.62. The second-order valence-corrected chi connectivity index (χ2v) is 5.93. The summed E-state index contributed by atoms with van der Waals surface area (Å²) in [5.74, 6) is -0.910. The van der Waals surface area contributed by atoms with Crippen LogP contribution >= 0.6 is 0 Å². The molecule has 2 aromatic rings. The number of carboxylic acids is 1. The summed E-state index contributed by atoms with van der Waals surface area (Å²) in [4.78, 5) is 26.7. The minimum absolute atomic E-state index is 0.152. The maximum atomic E-state index is 11.6. The Morgan fingerprint density at radius 1 is 1.08 bits per heavy atom. The molecule has 0 aliphatic carbocycles. The summed E-state index contributed by atoms with van der Waals surface area (Å²) < 4.78 is 10.3. The summed E-state index contributed by atoms with van der Waals surface area (Å²) in [6.07, 6.45) is 1.64. The Kier molecular flexibility index (Phi) is 5.18. The molecule has 0 unspecified atom stereocenters. The third-order valence-corrected chi connectivity index (χ3v) is 3.52. The van der Waals surface area contributed by atoms with Gasteiger partial charge in [-0.25, -0.2) is 9.78 Å². The maximum Gasteiger partial charge on any atom is 0.335 e. The molecule has 6 heteroatoms. The van der Waals surface area contributed by atoms with E-state index in [9.17, 15) is 9.59 Å². The van der Waals surface area contributed by atoms with E-state index >= 15 is 0 Å². The summed E-state index contributed by atoms with van der Waals surface area (Å²) in [7, 11) is 1.34. The van der Waals surface area contributed by atoms with Gasteiger partial charge in [0, 0.05) is 17.8 Å². The quantitative estimate of drug-likeness (QED) is 0.820. The fourth-order valence-electron chi connectivity index (χ4n) is 2.03. The van der Waals surface area contributed by atoms with Crippen LogP contribution in [0.3, 0.4) is 0 Å². The fourth-order valence-corrected chi connectivity index (χ4v) is 2.03. The van der Waals surface area contributed by atoms with E-state index in [1.54, 1.807) is 50.4 Å². The second kappa shape index (κ2) is 7.12. The molecule has 0 bridgehead atoms. The molecule has 0 atom stereocenters. The summed E-state index contributed by atoms with van der Waals surface area (Å²) in [6, 6.07) is 10.1. The standard InChI is InChI=1S/C18H19NO5/c1-18(2,17(22)23-3)11-24-15-9-8-14(10-19-15)12-4-6-13(7-5-12)16(20)21/h4-10H,11H2,1-3H3,(H,20,21). The van der Waals surface area contributed by atoms with Crippen molar-refractivity contribution in [3.8, 4) is 17.0 Å². The van der Waals surface area contributed by atoms with E-state index in [-0.39, 0.29) is 18.1 Å². The Morgan fingerprint density at radius 3 is 2.21 bits per heavy atom. The van der Waals surface area contributed by atoms with Gasteiger partial charge in [-0.05, 0) is 37.6 Å². The first-order valence-electron chi connectivity index (χ1n) is 7.34. The van der Waals surface area contributed by atoms with Crippen LogP contribution in [0.25, 0.3) is 11.1 Å².